The minimum absolute atomic E-state index is 0.0457. The van der Waals surface area contributed by atoms with Crippen molar-refractivity contribution in [3.8, 4) is 5.75 Å². The SMILES string of the molecule is CCOc1ccc(NC(=O)NCCCN(C(=O)Nc2ccc(Cl)cc2)c2cccc(C(F)(F)F)c2)cc1. The lowest BCUT2D eigenvalue weighted by atomic mass is 10.1. The normalized spacial score (nSPS) is 10.9. The molecule has 4 amide bonds. The first-order valence-corrected chi connectivity index (χ1v) is 11.8. The van der Waals surface area contributed by atoms with Crippen LogP contribution in [0.2, 0.25) is 5.02 Å². The van der Waals surface area contributed by atoms with Crippen molar-refractivity contribution in [3.05, 3.63) is 83.4 Å². The van der Waals surface area contributed by atoms with Crippen LogP contribution in [0.25, 0.3) is 0 Å². The minimum atomic E-state index is -4.56. The van der Waals surface area contributed by atoms with E-state index < -0.39 is 23.8 Å². The fourth-order valence-electron chi connectivity index (χ4n) is 3.34. The van der Waals surface area contributed by atoms with Gasteiger partial charge in [0, 0.05) is 35.2 Å². The van der Waals surface area contributed by atoms with Gasteiger partial charge in [-0.2, -0.15) is 13.2 Å². The van der Waals surface area contributed by atoms with Crippen molar-refractivity contribution < 1.29 is 27.5 Å². The lowest BCUT2D eigenvalue weighted by Gasteiger charge is -2.24. The van der Waals surface area contributed by atoms with Gasteiger partial charge < -0.3 is 20.7 Å². The van der Waals surface area contributed by atoms with Crippen molar-refractivity contribution >= 4 is 40.7 Å². The molecule has 0 aliphatic rings. The Morgan fingerprint density at radius 2 is 1.59 bits per heavy atom. The highest BCUT2D eigenvalue weighted by Gasteiger charge is 2.31. The van der Waals surface area contributed by atoms with E-state index in [4.69, 9.17) is 16.3 Å². The van der Waals surface area contributed by atoms with Crippen LogP contribution in [0.1, 0.15) is 18.9 Å². The summed E-state index contributed by atoms with van der Waals surface area (Å²) in [5.74, 6) is 0.681. The summed E-state index contributed by atoms with van der Waals surface area (Å²) in [6, 6.07) is 16.6. The molecule has 0 spiro atoms. The zero-order valence-electron chi connectivity index (χ0n) is 19.9. The van der Waals surface area contributed by atoms with Crippen LogP contribution in [0.4, 0.5) is 39.8 Å². The Bertz CT molecular complexity index is 1190. The fraction of sp³-hybridized carbons (Fsp3) is 0.231. The molecule has 0 aliphatic carbocycles. The van der Waals surface area contributed by atoms with Crippen LogP contribution in [-0.4, -0.2) is 31.8 Å². The fourth-order valence-corrected chi connectivity index (χ4v) is 3.46. The summed E-state index contributed by atoms with van der Waals surface area (Å²) in [5, 5.41) is 8.49. The van der Waals surface area contributed by atoms with Crippen molar-refractivity contribution in [2.75, 3.05) is 35.2 Å². The molecule has 11 heteroatoms. The highest BCUT2D eigenvalue weighted by Crippen LogP contribution is 2.32. The van der Waals surface area contributed by atoms with E-state index in [2.05, 4.69) is 16.0 Å². The van der Waals surface area contributed by atoms with Gasteiger partial charge in [0.05, 0.1) is 12.2 Å². The molecule has 0 bridgehead atoms. The third-order valence-corrected chi connectivity index (χ3v) is 5.35. The molecule has 7 nitrogen and oxygen atoms in total. The number of urea groups is 2. The second-order valence-electron chi connectivity index (χ2n) is 7.83. The van der Waals surface area contributed by atoms with Gasteiger partial charge in [-0.15, -0.1) is 0 Å². The molecule has 196 valence electrons. The lowest BCUT2D eigenvalue weighted by Crippen LogP contribution is -2.38. The van der Waals surface area contributed by atoms with Crippen molar-refractivity contribution in [1.29, 1.82) is 0 Å². The van der Waals surface area contributed by atoms with Gasteiger partial charge in [-0.05, 0) is 80.1 Å². The lowest BCUT2D eigenvalue weighted by molar-refractivity contribution is -0.137. The molecule has 3 rings (SSSR count). The number of hydrogen-bond donors (Lipinski definition) is 3. The molecule has 0 saturated carbocycles. The number of benzene rings is 3. The molecule has 3 aromatic carbocycles. The number of amides is 4. The van der Waals surface area contributed by atoms with Gasteiger partial charge in [0.25, 0.3) is 0 Å². The molecule has 0 heterocycles. The molecule has 3 N–H and O–H groups in total. The number of carbonyl (C=O) groups excluding carboxylic acids is 2. The maximum atomic E-state index is 13.3. The molecule has 0 radical (unpaired) electrons. The molecule has 0 aromatic heterocycles. The number of anilines is 3. The Labute approximate surface area is 217 Å². The topological polar surface area (TPSA) is 82.7 Å². The highest BCUT2D eigenvalue weighted by atomic mass is 35.5. The zero-order chi connectivity index (χ0) is 26.8. The monoisotopic (exact) mass is 534 g/mol. The van der Waals surface area contributed by atoms with Crippen LogP contribution in [0, 0.1) is 0 Å². The summed E-state index contributed by atoms with van der Waals surface area (Å²) in [6.45, 7) is 2.62. The van der Waals surface area contributed by atoms with E-state index in [1.807, 2.05) is 6.92 Å². The highest BCUT2D eigenvalue weighted by molar-refractivity contribution is 6.30. The van der Waals surface area contributed by atoms with Crippen LogP contribution < -0.4 is 25.6 Å². The van der Waals surface area contributed by atoms with Crippen molar-refractivity contribution in [2.45, 2.75) is 19.5 Å². The molecule has 0 saturated heterocycles. The van der Waals surface area contributed by atoms with E-state index in [0.717, 1.165) is 12.1 Å². The van der Waals surface area contributed by atoms with Gasteiger partial charge in [0.15, 0.2) is 0 Å². The predicted molar refractivity (Wildman–Crippen MR) is 139 cm³/mol. The molecule has 3 aromatic rings. The van der Waals surface area contributed by atoms with E-state index in [0.29, 0.717) is 28.8 Å². The molecule has 0 atom stereocenters. The standard InChI is InChI=1S/C26H26ClF3N4O3/c1-2-37-23-13-11-20(12-14-23)32-24(35)31-15-4-16-34(22-6-3-5-18(17-22)26(28,29)30)25(36)33-21-9-7-19(27)8-10-21/h3,5-14,17H,2,4,15-16H2,1H3,(H,33,36)(H2,31,32,35). The average Bonchev–Trinajstić information content (AvgIpc) is 2.86. The van der Waals surface area contributed by atoms with Gasteiger partial charge in [0.2, 0.25) is 0 Å². The van der Waals surface area contributed by atoms with Gasteiger partial charge in [0.1, 0.15) is 5.75 Å². The van der Waals surface area contributed by atoms with Crippen LogP contribution in [0.5, 0.6) is 5.75 Å². The van der Waals surface area contributed by atoms with E-state index in [1.165, 1.54) is 17.0 Å². The Morgan fingerprint density at radius 1 is 0.946 bits per heavy atom. The Hall–Kier alpha value is -3.92. The van der Waals surface area contributed by atoms with Gasteiger partial charge >= 0.3 is 18.2 Å². The predicted octanol–water partition coefficient (Wildman–Crippen LogP) is 7.01. The molecule has 0 fully saturated rings. The number of rotatable bonds is 9. The van der Waals surface area contributed by atoms with Crippen molar-refractivity contribution in [1.82, 2.24) is 5.32 Å². The molecule has 0 unspecified atom stereocenters. The van der Waals surface area contributed by atoms with Gasteiger partial charge in [-0.25, -0.2) is 9.59 Å². The Balaban J connectivity index is 1.62. The van der Waals surface area contributed by atoms with Gasteiger partial charge in [-0.1, -0.05) is 17.7 Å². The Kier molecular flexibility index (Phi) is 9.62. The number of alkyl halides is 3. The first-order valence-electron chi connectivity index (χ1n) is 11.4. The second kappa shape index (κ2) is 12.9. The summed E-state index contributed by atoms with van der Waals surface area (Å²) in [6.07, 6.45) is -4.28. The number of hydrogen-bond acceptors (Lipinski definition) is 3. The van der Waals surface area contributed by atoms with E-state index in [9.17, 15) is 22.8 Å². The molecular weight excluding hydrogens is 509 g/mol. The van der Waals surface area contributed by atoms with Crippen LogP contribution in [0.3, 0.4) is 0 Å². The third kappa shape index (κ3) is 8.60. The average molecular weight is 535 g/mol. The second-order valence-corrected chi connectivity index (χ2v) is 8.27. The Morgan fingerprint density at radius 3 is 2.24 bits per heavy atom. The molecular formula is C26H26ClF3N4O3. The number of nitrogens with one attached hydrogen (secondary N) is 3. The van der Waals surface area contributed by atoms with Crippen LogP contribution in [-0.2, 0) is 6.18 Å². The van der Waals surface area contributed by atoms with Gasteiger partial charge in [-0.3, -0.25) is 4.90 Å². The van der Waals surface area contributed by atoms with E-state index in [1.54, 1.807) is 48.5 Å². The molecule has 37 heavy (non-hydrogen) atoms. The summed E-state index contributed by atoms with van der Waals surface area (Å²) < 4.78 is 45.1. The number of nitrogens with zero attached hydrogens (tertiary/aromatic N) is 1. The minimum Gasteiger partial charge on any atom is -0.494 e. The maximum absolute atomic E-state index is 13.3. The quantitative estimate of drug-likeness (QED) is 0.258. The third-order valence-electron chi connectivity index (χ3n) is 5.09. The summed E-state index contributed by atoms with van der Waals surface area (Å²) in [4.78, 5) is 26.4. The summed E-state index contributed by atoms with van der Waals surface area (Å²) in [7, 11) is 0. The molecule has 0 aliphatic heterocycles. The summed E-state index contributed by atoms with van der Waals surface area (Å²) in [5.41, 5.74) is 0.190. The maximum Gasteiger partial charge on any atom is 0.416 e. The van der Waals surface area contributed by atoms with Crippen molar-refractivity contribution in [2.24, 2.45) is 0 Å². The largest absolute Gasteiger partial charge is 0.494 e. The summed E-state index contributed by atoms with van der Waals surface area (Å²) >= 11 is 5.87. The zero-order valence-corrected chi connectivity index (χ0v) is 20.7. The van der Waals surface area contributed by atoms with Crippen LogP contribution >= 0.6 is 11.6 Å². The van der Waals surface area contributed by atoms with Crippen molar-refractivity contribution in [3.63, 3.8) is 0 Å². The number of halogens is 4. The number of ether oxygens (including phenoxy) is 1. The van der Waals surface area contributed by atoms with E-state index >= 15 is 0 Å². The van der Waals surface area contributed by atoms with Crippen LogP contribution in [0.15, 0.2) is 72.8 Å². The first-order chi connectivity index (χ1) is 17.7. The smallest absolute Gasteiger partial charge is 0.416 e. The first kappa shape index (κ1) is 27.7. The van der Waals surface area contributed by atoms with E-state index in [-0.39, 0.29) is 25.2 Å². The number of carbonyl (C=O) groups is 2.